The molecule has 2 nitrogen and oxygen atoms in total. The van der Waals surface area contributed by atoms with E-state index in [4.69, 9.17) is 4.74 Å². The van der Waals surface area contributed by atoms with Crippen LogP contribution in [-0.4, -0.2) is 17.8 Å². The van der Waals surface area contributed by atoms with Gasteiger partial charge in [-0.3, -0.25) is 0 Å². The molecule has 3 aliphatic carbocycles. The van der Waals surface area contributed by atoms with E-state index in [1.54, 1.807) is 0 Å². The Bertz CT molecular complexity index is 1170. The number of ether oxygens (including phenoxy) is 1. The minimum atomic E-state index is -0.665. The summed E-state index contributed by atoms with van der Waals surface area (Å²) in [6.07, 6.45) is 2.44. The molecule has 1 saturated carbocycles. The molecule has 2 aromatic carbocycles. The number of aryl methyl sites for hydroxylation is 1. The van der Waals surface area contributed by atoms with E-state index in [0.29, 0.717) is 6.61 Å². The topological polar surface area (TPSA) is 29.5 Å². The normalized spacial score (nSPS) is 33.5. The second-order valence-electron chi connectivity index (χ2n) is 10.3. The molecular weight excluding hydrogens is 392 g/mol. The third kappa shape index (κ3) is 2.39. The van der Waals surface area contributed by atoms with Crippen molar-refractivity contribution < 1.29 is 9.84 Å². The number of hydrogen-bond donors (Lipinski definition) is 1. The van der Waals surface area contributed by atoms with Crippen molar-refractivity contribution in [3.63, 3.8) is 0 Å². The molecule has 2 aromatic rings. The van der Waals surface area contributed by atoms with E-state index in [2.05, 4.69) is 95.3 Å². The molecule has 4 atom stereocenters. The van der Waals surface area contributed by atoms with Gasteiger partial charge in [0.1, 0.15) is 5.76 Å². The summed E-state index contributed by atoms with van der Waals surface area (Å²) in [6, 6.07) is 19.2. The van der Waals surface area contributed by atoms with Crippen LogP contribution in [0.4, 0.5) is 0 Å². The standard InChI is InChI=1S/C30H34O2/c1-7-32-25-17-24(22-15-13-19(2)14-16-22)27(31)30(23-11-9-8-10-12-23)26(25)28(5)18-29(30,6)21(4)20(28)3/h8-17,27,31H,7,18H2,1-6H3/t27-,28+,29-,30-/m1/s1. The van der Waals surface area contributed by atoms with Gasteiger partial charge in [0.05, 0.1) is 18.1 Å². The zero-order valence-corrected chi connectivity index (χ0v) is 20.1. The Morgan fingerprint density at radius 2 is 1.59 bits per heavy atom. The summed E-state index contributed by atoms with van der Waals surface area (Å²) in [5.41, 5.74) is 7.60. The highest BCUT2D eigenvalue weighted by molar-refractivity contribution is 5.80. The predicted molar refractivity (Wildman–Crippen MR) is 131 cm³/mol. The Balaban J connectivity index is 1.89. The van der Waals surface area contributed by atoms with Gasteiger partial charge in [0.15, 0.2) is 0 Å². The van der Waals surface area contributed by atoms with Crippen molar-refractivity contribution in [2.45, 2.75) is 59.5 Å². The zero-order chi connectivity index (χ0) is 22.9. The number of rotatable bonds is 4. The number of hydrogen-bond acceptors (Lipinski definition) is 2. The highest BCUT2D eigenvalue weighted by Crippen LogP contribution is 2.77. The van der Waals surface area contributed by atoms with Gasteiger partial charge in [-0.05, 0) is 62.5 Å². The molecular formula is C30H34O2. The Kier molecular flexibility index (Phi) is 4.63. The van der Waals surface area contributed by atoms with Gasteiger partial charge >= 0.3 is 0 Å². The maximum Gasteiger partial charge on any atom is 0.120 e. The second kappa shape index (κ2) is 6.96. The summed E-state index contributed by atoms with van der Waals surface area (Å²) in [5.74, 6) is 0.940. The molecule has 0 amide bonds. The molecule has 0 spiro atoms. The zero-order valence-electron chi connectivity index (χ0n) is 20.1. The first-order valence-corrected chi connectivity index (χ1v) is 11.8. The molecule has 3 aliphatic rings. The predicted octanol–water partition coefficient (Wildman–Crippen LogP) is 6.75. The Morgan fingerprint density at radius 1 is 0.938 bits per heavy atom. The fraction of sp³-hybridized carbons (Fsp3) is 0.400. The van der Waals surface area contributed by atoms with Crippen LogP contribution in [0.15, 0.2) is 83.2 Å². The summed E-state index contributed by atoms with van der Waals surface area (Å²) in [6.45, 7) is 14.0. The maximum atomic E-state index is 12.4. The molecule has 2 bridgehead atoms. The van der Waals surface area contributed by atoms with Gasteiger partial charge in [0, 0.05) is 10.8 Å². The minimum Gasteiger partial charge on any atom is -0.494 e. The monoisotopic (exact) mass is 426 g/mol. The van der Waals surface area contributed by atoms with Crippen LogP contribution in [0.1, 0.15) is 57.7 Å². The minimum absolute atomic E-state index is 0.129. The number of aliphatic hydroxyl groups is 1. The van der Waals surface area contributed by atoms with Crippen LogP contribution >= 0.6 is 0 Å². The molecule has 166 valence electrons. The molecule has 1 fully saturated rings. The van der Waals surface area contributed by atoms with Gasteiger partial charge in [0.2, 0.25) is 0 Å². The molecule has 2 heteroatoms. The summed E-state index contributed by atoms with van der Waals surface area (Å²) in [7, 11) is 0. The highest BCUT2D eigenvalue weighted by Gasteiger charge is 2.73. The molecule has 32 heavy (non-hydrogen) atoms. The number of aliphatic hydroxyl groups excluding tert-OH is 1. The molecule has 0 saturated heterocycles. The van der Waals surface area contributed by atoms with Crippen molar-refractivity contribution in [2.24, 2.45) is 10.8 Å². The van der Waals surface area contributed by atoms with Crippen molar-refractivity contribution in [3.05, 3.63) is 99.8 Å². The van der Waals surface area contributed by atoms with E-state index in [1.165, 1.54) is 27.8 Å². The SMILES string of the molecule is CCOC1=C2[C@@]3(C)C[C@](C)(C(C)=C3C)[C@@]2(c2ccccc2)[C@H](O)C(c2ccc(C)cc2)=C1. The van der Waals surface area contributed by atoms with Crippen molar-refractivity contribution in [1.82, 2.24) is 0 Å². The largest absolute Gasteiger partial charge is 0.494 e. The van der Waals surface area contributed by atoms with Crippen LogP contribution in [0, 0.1) is 17.8 Å². The van der Waals surface area contributed by atoms with E-state index in [0.717, 1.165) is 23.3 Å². The van der Waals surface area contributed by atoms with Gasteiger partial charge in [-0.25, -0.2) is 0 Å². The number of fused-ring (bicyclic) bond motifs is 5. The lowest BCUT2D eigenvalue weighted by Gasteiger charge is -2.54. The van der Waals surface area contributed by atoms with Crippen LogP contribution in [-0.2, 0) is 10.2 Å². The number of allylic oxidation sites excluding steroid dienone is 3. The fourth-order valence-corrected chi connectivity index (χ4v) is 7.23. The molecule has 1 N–H and O–H groups in total. The average Bonchev–Trinajstić information content (AvgIpc) is 3.12. The van der Waals surface area contributed by atoms with Gasteiger partial charge < -0.3 is 9.84 Å². The smallest absolute Gasteiger partial charge is 0.120 e. The van der Waals surface area contributed by atoms with E-state index >= 15 is 0 Å². The summed E-state index contributed by atoms with van der Waals surface area (Å²) < 4.78 is 6.38. The van der Waals surface area contributed by atoms with Gasteiger partial charge in [-0.15, -0.1) is 0 Å². The first kappa shape index (κ1) is 21.3. The maximum absolute atomic E-state index is 12.4. The Labute approximate surface area is 192 Å². The summed E-state index contributed by atoms with van der Waals surface area (Å²) in [5, 5.41) is 12.4. The first-order valence-electron chi connectivity index (χ1n) is 11.8. The van der Waals surface area contributed by atoms with Crippen LogP contribution < -0.4 is 0 Å². The van der Waals surface area contributed by atoms with Crippen molar-refractivity contribution in [1.29, 1.82) is 0 Å². The number of benzene rings is 2. The third-order valence-electron chi connectivity index (χ3n) is 8.89. The van der Waals surface area contributed by atoms with Gasteiger partial charge in [0.25, 0.3) is 0 Å². The van der Waals surface area contributed by atoms with Crippen molar-refractivity contribution in [2.75, 3.05) is 6.61 Å². The first-order chi connectivity index (χ1) is 15.2. The molecule has 5 rings (SSSR count). The Hall–Kier alpha value is -2.58. The third-order valence-corrected chi connectivity index (χ3v) is 8.89. The van der Waals surface area contributed by atoms with E-state index in [-0.39, 0.29) is 10.8 Å². The highest BCUT2D eigenvalue weighted by atomic mass is 16.5. The van der Waals surface area contributed by atoms with E-state index < -0.39 is 11.5 Å². The summed E-state index contributed by atoms with van der Waals surface area (Å²) in [4.78, 5) is 0. The molecule has 0 aromatic heterocycles. The summed E-state index contributed by atoms with van der Waals surface area (Å²) >= 11 is 0. The van der Waals surface area contributed by atoms with E-state index in [1.807, 2.05) is 6.92 Å². The van der Waals surface area contributed by atoms with Crippen LogP contribution in [0.5, 0.6) is 0 Å². The lowest BCUT2D eigenvalue weighted by Crippen LogP contribution is -2.54. The van der Waals surface area contributed by atoms with Gasteiger partial charge in [-0.2, -0.15) is 0 Å². The van der Waals surface area contributed by atoms with Crippen molar-refractivity contribution >= 4 is 5.57 Å². The second-order valence-corrected chi connectivity index (χ2v) is 10.3. The molecule has 0 heterocycles. The molecule has 0 aliphatic heterocycles. The van der Waals surface area contributed by atoms with Crippen molar-refractivity contribution in [3.8, 4) is 0 Å². The lowest BCUT2D eigenvalue weighted by molar-refractivity contribution is 0.0810. The van der Waals surface area contributed by atoms with Gasteiger partial charge in [-0.1, -0.05) is 85.2 Å². The molecule has 0 radical (unpaired) electrons. The lowest BCUT2D eigenvalue weighted by atomic mass is 9.50. The Morgan fingerprint density at radius 3 is 2.22 bits per heavy atom. The van der Waals surface area contributed by atoms with Crippen LogP contribution in [0.25, 0.3) is 5.57 Å². The fourth-order valence-electron chi connectivity index (χ4n) is 7.23. The molecule has 0 unspecified atom stereocenters. The van der Waals surface area contributed by atoms with E-state index in [9.17, 15) is 5.11 Å². The van der Waals surface area contributed by atoms with Crippen LogP contribution in [0.2, 0.25) is 0 Å². The average molecular weight is 427 g/mol. The quantitative estimate of drug-likeness (QED) is 0.548. The van der Waals surface area contributed by atoms with Crippen LogP contribution in [0.3, 0.4) is 0 Å².